The van der Waals surface area contributed by atoms with E-state index in [1.54, 1.807) is 0 Å². The largest absolute Gasteiger partial charge is 0.0843 e. The predicted octanol–water partition coefficient (Wildman–Crippen LogP) is 5.87. The van der Waals surface area contributed by atoms with Gasteiger partial charge in [0.1, 0.15) is 0 Å². The molecule has 0 unspecified atom stereocenters. The van der Waals surface area contributed by atoms with E-state index in [0.717, 1.165) is 17.2 Å². The van der Waals surface area contributed by atoms with E-state index in [9.17, 15) is 0 Å². The van der Waals surface area contributed by atoms with Crippen LogP contribution in [0.2, 0.25) is 10.0 Å². The highest BCUT2D eigenvalue weighted by atomic mass is 127. The molecule has 0 amide bonds. The smallest absolute Gasteiger partial charge is 0.0416 e. The van der Waals surface area contributed by atoms with Crippen LogP contribution in [0.4, 0.5) is 0 Å². The second-order valence-corrected chi connectivity index (χ2v) is 6.45. The molecule has 0 N–H and O–H groups in total. The maximum Gasteiger partial charge on any atom is 0.0416 e. The molecule has 0 bridgehead atoms. The Morgan fingerprint density at radius 1 is 0.688 bits per heavy atom. The average molecular weight is 475 g/mol. The van der Waals surface area contributed by atoms with Crippen molar-refractivity contribution in [1.29, 1.82) is 0 Å². The van der Waals surface area contributed by atoms with E-state index in [2.05, 4.69) is 45.2 Å². The van der Waals surface area contributed by atoms with Crippen LogP contribution >= 0.6 is 68.4 Å². The fourth-order valence-electron chi connectivity index (χ4n) is 1.42. The number of hydrogen-bond donors (Lipinski definition) is 0. The third-order valence-electron chi connectivity index (χ3n) is 2.15. The maximum atomic E-state index is 5.94. The quantitative estimate of drug-likeness (QED) is 0.453. The summed E-state index contributed by atoms with van der Waals surface area (Å²) in [5.74, 6) is 0. The predicted molar refractivity (Wildman–Crippen MR) is 87.3 cm³/mol. The summed E-state index contributed by atoms with van der Waals surface area (Å²) in [4.78, 5) is 0. The van der Waals surface area contributed by atoms with Gasteiger partial charge in [-0.05, 0) is 80.6 Å². The first-order chi connectivity index (χ1) is 7.58. The Hall–Kier alpha value is 0.480. The van der Waals surface area contributed by atoms with E-state index in [-0.39, 0.29) is 0 Å². The van der Waals surface area contributed by atoms with Crippen molar-refractivity contribution in [2.75, 3.05) is 0 Å². The SMILES string of the molecule is Clc1ccc(-c2ccc(Cl)cc2I)c(I)c1. The lowest BCUT2D eigenvalue weighted by Gasteiger charge is -2.08. The van der Waals surface area contributed by atoms with Crippen LogP contribution in [0.5, 0.6) is 0 Å². The van der Waals surface area contributed by atoms with Gasteiger partial charge in [-0.2, -0.15) is 0 Å². The number of halogens is 4. The van der Waals surface area contributed by atoms with E-state index in [1.807, 2.05) is 36.4 Å². The summed E-state index contributed by atoms with van der Waals surface area (Å²) in [6, 6.07) is 11.8. The van der Waals surface area contributed by atoms with Gasteiger partial charge in [0.25, 0.3) is 0 Å². The van der Waals surface area contributed by atoms with Crippen molar-refractivity contribution in [2.45, 2.75) is 0 Å². The van der Waals surface area contributed by atoms with E-state index >= 15 is 0 Å². The van der Waals surface area contributed by atoms with Gasteiger partial charge in [-0.3, -0.25) is 0 Å². The molecule has 2 aromatic carbocycles. The first-order valence-corrected chi connectivity index (χ1v) is 7.40. The molecule has 0 nitrogen and oxygen atoms in total. The van der Waals surface area contributed by atoms with Crippen LogP contribution in [-0.4, -0.2) is 0 Å². The van der Waals surface area contributed by atoms with Crippen LogP contribution < -0.4 is 0 Å². The molecule has 0 atom stereocenters. The van der Waals surface area contributed by atoms with Gasteiger partial charge in [-0.25, -0.2) is 0 Å². The van der Waals surface area contributed by atoms with Gasteiger partial charge in [0, 0.05) is 17.2 Å². The summed E-state index contributed by atoms with van der Waals surface area (Å²) in [7, 11) is 0. The van der Waals surface area contributed by atoms with Crippen LogP contribution in [0.3, 0.4) is 0 Å². The Morgan fingerprint density at radius 3 is 1.38 bits per heavy atom. The van der Waals surface area contributed by atoms with Gasteiger partial charge in [0.15, 0.2) is 0 Å². The molecule has 16 heavy (non-hydrogen) atoms. The van der Waals surface area contributed by atoms with Gasteiger partial charge in [-0.15, -0.1) is 0 Å². The van der Waals surface area contributed by atoms with Crippen molar-refractivity contribution in [2.24, 2.45) is 0 Å². The number of hydrogen-bond acceptors (Lipinski definition) is 0. The van der Waals surface area contributed by atoms with E-state index in [1.165, 1.54) is 11.1 Å². The Bertz CT molecular complexity index is 489. The Labute approximate surface area is 132 Å². The molecular weight excluding hydrogens is 469 g/mol. The van der Waals surface area contributed by atoms with E-state index in [4.69, 9.17) is 23.2 Å². The number of rotatable bonds is 1. The summed E-state index contributed by atoms with van der Waals surface area (Å²) in [5.41, 5.74) is 2.37. The van der Waals surface area contributed by atoms with E-state index < -0.39 is 0 Å². The lowest BCUT2D eigenvalue weighted by Crippen LogP contribution is -1.86. The molecule has 4 heteroatoms. The highest BCUT2D eigenvalue weighted by molar-refractivity contribution is 14.1. The van der Waals surface area contributed by atoms with Crippen LogP contribution in [0.25, 0.3) is 11.1 Å². The topological polar surface area (TPSA) is 0 Å². The highest BCUT2D eigenvalue weighted by Gasteiger charge is 2.07. The molecule has 0 saturated heterocycles. The summed E-state index contributed by atoms with van der Waals surface area (Å²) >= 11 is 16.5. The van der Waals surface area contributed by atoms with E-state index in [0.29, 0.717) is 0 Å². The van der Waals surface area contributed by atoms with Crippen LogP contribution in [0.1, 0.15) is 0 Å². The van der Waals surface area contributed by atoms with Crippen molar-refractivity contribution in [3.05, 3.63) is 53.6 Å². The molecule has 0 aliphatic rings. The second kappa shape index (κ2) is 5.42. The zero-order chi connectivity index (χ0) is 11.7. The standard InChI is InChI=1S/C12H6Cl2I2/c13-7-1-3-9(11(15)5-7)10-4-2-8(14)6-12(10)16/h1-6H. The van der Waals surface area contributed by atoms with Gasteiger partial charge >= 0.3 is 0 Å². The molecule has 82 valence electrons. The van der Waals surface area contributed by atoms with Crippen LogP contribution in [0.15, 0.2) is 36.4 Å². The Morgan fingerprint density at radius 2 is 1.06 bits per heavy atom. The first kappa shape index (κ1) is 12.9. The third-order valence-corrected chi connectivity index (χ3v) is 4.41. The minimum absolute atomic E-state index is 0.761. The van der Waals surface area contributed by atoms with Gasteiger partial charge < -0.3 is 0 Å². The molecule has 2 aromatic rings. The molecule has 0 aromatic heterocycles. The van der Waals surface area contributed by atoms with Gasteiger partial charge in [0.2, 0.25) is 0 Å². The fourth-order valence-corrected chi connectivity index (χ4v) is 3.74. The molecule has 0 aliphatic carbocycles. The average Bonchev–Trinajstić information content (AvgIpc) is 2.19. The van der Waals surface area contributed by atoms with Gasteiger partial charge in [0.05, 0.1) is 0 Å². The Kier molecular flexibility index (Phi) is 4.38. The Balaban J connectivity index is 2.59. The lowest BCUT2D eigenvalue weighted by molar-refractivity contribution is 1.55. The molecule has 0 aliphatic heterocycles. The molecule has 0 spiro atoms. The highest BCUT2D eigenvalue weighted by Crippen LogP contribution is 2.32. The van der Waals surface area contributed by atoms with Crippen molar-refractivity contribution in [3.63, 3.8) is 0 Å². The molecule has 0 saturated carbocycles. The number of benzene rings is 2. The fraction of sp³-hybridized carbons (Fsp3) is 0. The summed E-state index contributed by atoms with van der Waals surface area (Å²) < 4.78 is 2.29. The third kappa shape index (κ3) is 2.83. The molecule has 0 heterocycles. The summed E-state index contributed by atoms with van der Waals surface area (Å²) in [6.07, 6.45) is 0. The normalized spacial score (nSPS) is 10.5. The monoisotopic (exact) mass is 474 g/mol. The van der Waals surface area contributed by atoms with Crippen LogP contribution in [-0.2, 0) is 0 Å². The minimum Gasteiger partial charge on any atom is -0.0843 e. The molecule has 0 fully saturated rings. The van der Waals surface area contributed by atoms with Gasteiger partial charge in [-0.1, -0.05) is 35.3 Å². The lowest BCUT2D eigenvalue weighted by atomic mass is 10.1. The zero-order valence-corrected chi connectivity index (χ0v) is 13.8. The van der Waals surface area contributed by atoms with Crippen molar-refractivity contribution < 1.29 is 0 Å². The molecule has 2 rings (SSSR count). The molecular formula is C12H6Cl2I2. The van der Waals surface area contributed by atoms with Crippen molar-refractivity contribution in [1.82, 2.24) is 0 Å². The summed E-state index contributed by atoms with van der Waals surface area (Å²) in [5, 5.41) is 1.52. The maximum absolute atomic E-state index is 5.94. The summed E-state index contributed by atoms with van der Waals surface area (Å²) in [6.45, 7) is 0. The van der Waals surface area contributed by atoms with Crippen molar-refractivity contribution >= 4 is 68.4 Å². The van der Waals surface area contributed by atoms with Crippen molar-refractivity contribution in [3.8, 4) is 11.1 Å². The molecule has 0 radical (unpaired) electrons. The zero-order valence-electron chi connectivity index (χ0n) is 7.98. The second-order valence-electron chi connectivity index (χ2n) is 3.25. The first-order valence-electron chi connectivity index (χ1n) is 4.48. The minimum atomic E-state index is 0.761. The van der Waals surface area contributed by atoms with Crippen LogP contribution in [0, 0.1) is 7.14 Å².